The quantitative estimate of drug-likeness (QED) is 0.581. The van der Waals surface area contributed by atoms with Crippen molar-refractivity contribution < 1.29 is 18.3 Å². The Hall–Kier alpha value is -3.40. The number of amides is 1. The minimum atomic E-state index is -1.12. The Balaban J connectivity index is 1.43. The lowest BCUT2D eigenvalue weighted by atomic mass is 10.1. The molecule has 0 spiro atoms. The lowest BCUT2D eigenvalue weighted by Gasteiger charge is -2.40. The number of aryl methyl sites for hydroxylation is 1. The fraction of sp³-hybridized carbons (Fsp3) is 0.250. The van der Waals surface area contributed by atoms with Gasteiger partial charge in [-0.05, 0) is 6.42 Å². The summed E-state index contributed by atoms with van der Waals surface area (Å²) >= 11 is 5.65. The summed E-state index contributed by atoms with van der Waals surface area (Å²) in [6.45, 7) is 2.71. The van der Waals surface area contributed by atoms with Crippen molar-refractivity contribution >= 4 is 29.1 Å². The molecule has 11 heteroatoms. The maximum absolute atomic E-state index is 13.5. The van der Waals surface area contributed by atoms with Crippen LogP contribution in [0.2, 0.25) is 5.02 Å². The Bertz CT molecular complexity index is 1100. The molecule has 1 aliphatic heterocycles. The Labute approximate surface area is 181 Å². The van der Waals surface area contributed by atoms with Crippen molar-refractivity contribution in [3.05, 3.63) is 65.0 Å². The summed E-state index contributed by atoms with van der Waals surface area (Å²) < 4.78 is 32.5. The molecule has 0 radical (unpaired) electrons. The SMILES string of the molecule is CCc1cc(NC(=O)c2nccnc2N2CC(Oc3cc(F)c(F)c(Cl)c3)C2)ncn1. The van der Waals surface area contributed by atoms with Gasteiger partial charge in [-0.25, -0.2) is 28.7 Å². The van der Waals surface area contributed by atoms with E-state index in [1.165, 1.54) is 24.8 Å². The van der Waals surface area contributed by atoms with Crippen LogP contribution >= 0.6 is 11.6 Å². The molecule has 0 aliphatic carbocycles. The number of halogens is 3. The van der Waals surface area contributed by atoms with E-state index in [1.54, 1.807) is 11.0 Å². The molecule has 1 saturated heterocycles. The zero-order chi connectivity index (χ0) is 22.0. The molecule has 1 fully saturated rings. The van der Waals surface area contributed by atoms with Gasteiger partial charge in [0.1, 0.15) is 24.0 Å². The van der Waals surface area contributed by atoms with Crippen LogP contribution in [0.4, 0.5) is 20.4 Å². The third kappa shape index (κ3) is 4.53. The van der Waals surface area contributed by atoms with Gasteiger partial charge in [-0.1, -0.05) is 18.5 Å². The standard InChI is InChI=1S/C20H17ClF2N6O2/c1-2-11-5-16(27-10-26-11)28-20(30)18-19(25-4-3-24-18)29-8-13(9-29)31-12-6-14(21)17(23)15(22)7-12/h3-7,10,13H,2,8-9H2,1H3,(H,26,27,28,30). The van der Waals surface area contributed by atoms with Gasteiger partial charge in [0, 0.05) is 36.3 Å². The summed E-state index contributed by atoms with van der Waals surface area (Å²) in [6, 6.07) is 3.85. The smallest absolute Gasteiger partial charge is 0.279 e. The second-order valence-corrected chi connectivity index (χ2v) is 7.18. The largest absolute Gasteiger partial charge is 0.487 e. The molecule has 1 aromatic carbocycles. The molecule has 0 saturated carbocycles. The van der Waals surface area contributed by atoms with E-state index in [2.05, 4.69) is 25.3 Å². The highest BCUT2D eigenvalue weighted by atomic mass is 35.5. The Morgan fingerprint density at radius 1 is 1.19 bits per heavy atom. The van der Waals surface area contributed by atoms with Crippen LogP contribution in [0.5, 0.6) is 5.75 Å². The van der Waals surface area contributed by atoms with Crippen LogP contribution in [0.15, 0.2) is 36.9 Å². The molecular weight excluding hydrogens is 430 g/mol. The van der Waals surface area contributed by atoms with Crippen LogP contribution < -0.4 is 15.0 Å². The molecule has 0 atom stereocenters. The number of anilines is 2. The molecule has 1 amide bonds. The lowest BCUT2D eigenvalue weighted by Crippen LogP contribution is -2.54. The van der Waals surface area contributed by atoms with E-state index in [4.69, 9.17) is 16.3 Å². The molecule has 8 nitrogen and oxygen atoms in total. The fourth-order valence-corrected chi connectivity index (χ4v) is 3.23. The maximum atomic E-state index is 13.5. The predicted octanol–water partition coefficient (Wildman–Crippen LogP) is 3.28. The first-order valence-corrected chi connectivity index (χ1v) is 9.81. The summed E-state index contributed by atoms with van der Waals surface area (Å²) in [7, 11) is 0. The fourth-order valence-electron chi connectivity index (χ4n) is 3.04. The molecule has 31 heavy (non-hydrogen) atoms. The van der Waals surface area contributed by atoms with Crippen molar-refractivity contribution in [3.8, 4) is 5.75 Å². The van der Waals surface area contributed by atoms with Crippen LogP contribution in [-0.2, 0) is 6.42 Å². The van der Waals surface area contributed by atoms with Gasteiger partial charge in [-0.15, -0.1) is 0 Å². The van der Waals surface area contributed by atoms with Crippen LogP contribution in [0.1, 0.15) is 23.1 Å². The van der Waals surface area contributed by atoms with E-state index in [1.807, 2.05) is 6.92 Å². The number of nitrogens with zero attached hydrogens (tertiary/aromatic N) is 5. The molecular formula is C20H17ClF2N6O2. The normalized spacial score (nSPS) is 13.6. The number of aromatic nitrogens is 4. The van der Waals surface area contributed by atoms with Crippen molar-refractivity contribution in [2.75, 3.05) is 23.3 Å². The summed E-state index contributed by atoms with van der Waals surface area (Å²) in [4.78, 5) is 31.1. The second kappa shape index (κ2) is 8.76. The molecule has 4 rings (SSSR count). The number of ether oxygens (including phenoxy) is 1. The molecule has 160 valence electrons. The molecule has 3 heterocycles. The molecule has 0 unspecified atom stereocenters. The topological polar surface area (TPSA) is 93.1 Å². The summed E-state index contributed by atoms with van der Waals surface area (Å²) in [5.74, 6) is -1.78. The van der Waals surface area contributed by atoms with Crippen LogP contribution in [0, 0.1) is 11.6 Å². The van der Waals surface area contributed by atoms with Gasteiger partial charge in [0.05, 0.1) is 18.1 Å². The molecule has 0 bridgehead atoms. The summed E-state index contributed by atoms with van der Waals surface area (Å²) in [5, 5.41) is 2.35. The Morgan fingerprint density at radius 2 is 1.97 bits per heavy atom. The molecule has 1 aliphatic rings. The van der Waals surface area contributed by atoms with Gasteiger partial charge >= 0.3 is 0 Å². The van der Waals surface area contributed by atoms with E-state index < -0.39 is 17.5 Å². The number of rotatable bonds is 6. The first-order valence-electron chi connectivity index (χ1n) is 9.44. The van der Waals surface area contributed by atoms with Crippen LogP contribution in [-0.4, -0.2) is 45.0 Å². The van der Waals surface area contributed by atoms with Gasteiger partial charge in [0.25, 0.3) is 5.91 Å². The van der Waals surface area contributed by atoms with E-state index in [9.17, 15) is 13.6 Å². The number of carbonyl (C=O) groups excluding carboxylic acids is 1. The van der Waals surface area contributed by atoms with E-state index in [0.29, 0.717) is 31.1 Å². The van der Waals surface area contributed by atoms with Crippen molar-refractivity contribution in [3.63, 3.8) is 0 Å². The van der Waals surface area contributed by atoms with E-state index >= 15 is 0 Å². The lowest BCUT2D eigenvalue weighted by molar-refractivity contribution is 0.102. The number of carbonyl (C=O) groups is 1. The van der Waals surface area contributed by atoms with Crippen molar-refractivity contribution in [2.24, 2.45) is 0 Å². The first kappa shape index (κ1) is 20.9. The van der Waals surface area contributed by atoms with Crippen LogP contribution in [0.3, 0.4) is 0 Å². The zero-order valence-electron chi connectivity index (χ0n) is 16.3. The average molecular weight is 447 g/mol. The first-order chi connectivity index (χ1) is 14.9. The second-order valence-electron chi connectivity index (χ2n) is 6.78. The maximum Gasteiger partial charge on any atom is 0.279 e. The van der Waals surface area contributed by atoms with Gasteiger partial charge in [-0.3, -0.25) is 4.79 Å². The van der Waals surface area contributed by atoms with Crippen molar-refractivity contribution in [1.82, 2.24) is 19.9 Å². The van der Waals surface area contributed by atoms with E-state index in [-0.39, 0.29) is 22.6 Å². The van der Waals surface area contributed by atoms with Gasteiger partial charge in [-0.2, -0.15) is 0 Å². The number of benzene rings is 1. The van der Waals surface area contributed by atoms with Gasteiger partial charge in [0.2, 0.25) is 0 Å². The van der Waals surface area contributed by atoms with Gasteiger partial charge in [0.15, 0.2) is 23.1 Å². The van der Waals surface area contributed by atoms with Crippen molar-refractivity contribution in [1.29, 1.82) is 0 Å². The Kier molecular flexibility index (Phi) is 5.90. The van der Waals surface area contributed by atoms with Crippen molar-refractivity contribution in [2.45, 2.75) is 19.4 Å². The summed E-state index contributed by atoms with van der Waals surface area (Å²) in [6.07, 6.45) is 4.68. The van der Waals surface area contributed by atoms with E-state index in [0.717, 1.165) is 11.8 Å². The summed E-state index contributed by atoms with van der Waals surface area (Å²) in [5.41, 5.74) is 0.929. The van der Waals surface area contributed by atoms with Gasteiger partial charge < -0.3 is 15.0 Å². The minimum Gasteiger partial charge on any atom is -0.487 e. The van der Waals surface area contributed by atoms with Crippen LogP contribution in [0.25, 0.3) is 0 Å². The third-order valence-corrected chi connectivity index (χ3v) is 4.90. The third-order valence-electron chi connectivity index (χ3n) is 4.63. The minimum absolute atomic E-state index is 0.126. The predicted molar refractivity (Wildman–Crippen MR) is 109 cm³/mol. The number of hydrogen-bond donors (Lipinski definition) is 1. The number of hydrogen-bond acceptors (Lipinski definition) is 7. The average Bonchev–Trinajstić information content (AvgIpc) is 2.74. The highest BCUT2D eigenvalue weighted by molar-refractivity contribution is 6.30. The highest BCUT2D eigenvalue weighted by Crippen LogP contribution is 2.28. The molecule has 3 aromatic rings. The monoisotopic (exact) mass is 446 g/mol. The molecule has 1 N–H and O–H groups in total. The highest BCUT2D eigenvalue weighted by Gasteiger charge is 2.33. The molecule has 2 aromatic heterocycles. The zero-order valence-corrected chi connectivity index (χ0v) is 17.1. The number of nitrogens with one attached hydrogen (secondary N) is 1. The Morgan fingerprint density at radius 3 is 2.71 bits per heavy atom.